The summed E-state index contributed by atoms with van der Waals surface area (Å²) in [6.45, 7) is 2.06. The van der Waals surface area contributed by atoms with Gasteiger partial charge >= 0.3 is 0 Å². The standard InChI is InChI=1S/C19H16N4OS/c1-13-3-8-15(9-4-13)18-20-21-19-23(18)22-17(25-19)12-7-14-5-10-16(24-2)11-6-14/h3-12H,1-2H3. The zero-order valence-electron chi connectivity index (χ0n) is 13.9. The van der Waals surface area contributed by atoms with Crippen molar-refractivity contribution in [2.75, 3.05) is 7.11 Å². The highest BCUT2D eigenvalue weighted by Crippen LogP contribution is 2.23. The van der Waals surface area contributed by atoms with E-state index in [1.165, 1.54) is 16.9 Å². The zero-order valence-corrected chi connectivity index (χ0v) is 14.7. The molecule has 25 heavy (non-hydrogen) atoms. The summed E-state index contributed by atoms with van der Waals surface area (Å²) in [4.78, 5) is 0.782. The molecule has 2 aromatic heterocycles. The van der Waals surface area contributed by atoms with E-state index < -0.39 is 0 Å². The molecule has 0 radical (unpaired) electrons. The Morgan fingerprint density at radius 1 is 0.960 bits per heavy atom. The van der Waals surface area contributed by atoms with Crippen LogP contribution in [0.4, 0.5) is 0 Å². The normalized spacial score (nSPS) is 11.4. The Morgan fingerprint density at radius 2 is 1.72 bits per heavy atom. The minimum absolute atomic E-state index is 0.760. The lowest BCUT2D eigenvalue weighted by atomic mass is 10.1. The first kappa shape index (κ1) is 15.5. The zero-order chi connectivity index (χ0) is 17.2. The summed E-state index contributed by atoms with van der Waals surface area (Å²) in [5.41, 5.74) is 3.31. The van der Waals surface area contributed by atoms with Crippen LogP contribution in [0.1, 0.15) is 16.1 Å². The lowest BCUT2D eigenvalue weighted by Crippen LogP contribution is -1.90. The van der Waals surface area contributed by atoms with Crippen molar-refractivity contribution in [1.29, 1.82) is 0 Å². The van der Waals surface area contributed by atoms with E-state index in [0.29, 0.717) is 0 Å². The molecular weight excluding hydrogens is 332 g/mol. The van der Waals surface area contributed by atoms with Crippen LogP contribution in [0.5, 0.6) is 5.75 Å². The summed E-state index contributed by atoms with van der Waals surface area (Å²) in [5.74, 6) is 1.61. The molecule has 0 bridgehead atoms. The summed E-state index contributed by atoms with van der Waals surface area (Å²) in [6.07, 6.45) is 4.01. The largest absolute Gasteiger partial charge is 0.497 e. The Bertz CT molecular complexity index is 1030. The van der Waals surface area contributed by atoms with Gasteiger partial charge in [-0.15, -0.1) is 10.2 Å². The number of ether oxygens (including phenoxy) is 1. The maximum absolute atomic E-state index is 5.17. The van der Waals surface area contributed by atoms with E-state index >= 15 is 0 Å². The average Bonchev–Trinajstić information content (AvgIpc) is 3.21. The topological polar surface area (TPSA) is 52.3 Å². The molecule has 0 fully saturated rings. The first-order valence-corrected chi connectivity index (χ1v) is 8.66. The predicted molar refractivity (Wildman–Crippen MR) is 101 cm³/mol. The van der Waals surface area contributed by atoms with Crippen LogP contribution in [0.15, 0.2) is 48.5 Å². The average molecular weight is 348 g/mol. The third-order valence-electron chi connectivity index (χ3n) is 3.85. The number of nitrogens with zero attached hydrogens (tertiary/aromatic N) is 4. The second kappa shape index (κ2) is 6.49. The number of benzene rings is 2. The molecule has 124 valence electrons. The molecule has 0 saturated carbocycles. The molecule has 4 rings (SSSR count). The van der Waals surface area contributed by atoms with Gasteiger partial charge in [0.15, 0.2) is 5.82 Å². The van der Waals surface area contributed by atoms with Gasteiger partial charge in [-0.3, -0.25) is 0 Å². The Hall–Kier alpha value is -2.99. The molecule has 0 N–H and O–H groups in total. The van der Waals surface area contributed by atoms with Gasteiger partial charge in [0.1, 0.15) is 10.8 Å². The van der Waals surface area contributed by atoms with E-state index in [9.17, 15) is 0 Å². The molecule has 2 aromatic carbocycles. The van der Waals surface area contributed by atoms with Gasteiger partial charge in [0, 0.05) is 5.56 Å². The Balaban J connectivity index is 1.63. The van der Waals surface area contributed by atoms with Crippen LogP contribution in [0.2, 0.25) is 0 Å². The molecule has 4 aromatic rings. The van der Waals surface area contributed by atoms with E-state index in [2.05, 4.69) is 34.4 Å². The van der Waals surface area contributed by atoms with Crippen molar-refractivity contribution < 1.29 is 4.74 Å². The van der Waals surface area contributed by atoms with Crippen LogP contribution in [0.25, 0.3) is 28.5 Å². The van der Waals surface area contributed by atoms with E-state index in [-0.39, 0.29) is 0 Å². The number of rotatable bonds is 4. The first-order valence-electron chi connectivity index (χ1n) is 7.84. The molecule has 0 amide bonds. The van der Waals surface area contributed by atoms with E-state index in [4.69, 9.17) is 4.74 Å². The maximum atomic E-state index is 5.17. The molecule has 0 unspecified atom stereocenters. The Labute approximate surface area is 149 Å². The molecular formula is C19H16N4OS. The summed E-state index contributed by atoms with van der Waals surface area (Å²) in [5, 5.41) is 14.0. The number of hydrogen-bond donors (Lipinski definition) is 0. The second-order valence-electron chi connectivity index (χ2n) is 5.63. The SMILES string of the molecule is COc1ccc(C=Cc2nn3c(-c4ccc(C)cc4)nnc3s2)cc1. The summed E-state index contributed by atoms with van der Waals surface area (Å²) >= 11 is 1.51. The predicted octanol–water partition coefficient (Wildman–Crippen LogP) is 4.34. The van der Waals surface area contributed by atoms with Crippen LogP contribution >= 0.6 is 11.3 Å². The molecule has 5 nitrogen and oxygen atoms in total. The first-order chi connectivity index (χ1) is 12.2. The fourth-order valence-corrected chi connectivity index (χ4v) is 3.21. The molecule has 0 aliphatic carbocycles. The van der Waals surface area contributed by atoms with Crippen LogP contribution in [-0.2, 0) is 0 Å². The minimum Gasteiger partial charge on any atom is -0.497 e. The molecule has 6 heteroatoms. The minimum atomic E-state index is 0.760. The van der Waals surface area contributed by atoms with Crippen LogP contribution in [0.3, 0.4) is 0 Å². The van der Waals surface area contributed by atoms with Gasteiger partial charge in [-0.1, -0.05) is 59.4 Å². The van der Waals surface area contributed by atoms with Gasteiger partial charge in [-0.25, -0.2) is 0 Å². The quantitative estimate of drug-likeness (QED) is 0.550. The van der Waals surface area contributed by atoms with Gasteiger partial charge in [0.05, 0.1) is 7.11 Å². The monoisotopic (exact) mass is 348 g/mol. The van der Waals surface area contributed by atoms with Crippen molar-refractivity contribution in [2.45, 2.75) is 6.92 Å². The highest BCUT2D eigenvalue weighted by Gasteiger charge is 2.12. The highest BCUT2D eigenvalue weighted by atomic mass is 32.1. The fourth-order valence-electron chi connectivity index (χ4n) is 2.46. The van der Waals surface area contributed by atoms with Crippen molar-refractivity contribution in [3.05, 3.63) is 64.7 Å². The van der Waals surface area contributed by atoms with E-state index in [1.807, 2.05) is 48.6 Å². The van der Waals surface area contributed by atoms with Gasteiger partial charge in [0.25, 0.3) is 0 Å². The summed E-state index contributed by atoms with van der Waals surface area (Å²) in [7, 11) is 1.66. The van der Waals surface area contributed by atoms with Crippen molar-refractivity contribution in [2.24, 2.45) is 0 Å². The lowest BCUT2D eigenvalue weighted by Gasteiger charge is -1.98. The highest BCUT2D eigenvalue weighted by molar-refractivity contribution is 7.17. The lowest BCUT2D eigenvalue weighted by molar-refractivity contribution is 0.415. The summed E-state index contributed by atoms with van der Waals surface area (Å²) < 4.78 is 6.97. The van der Waals surface area contributed by atoms with Gasteiger partial charge in [-0.05, 0) is 30.7 Å². The van der Waals surface area contributed by atoms with E-state index in [0.717, 1.165) is 32.7 Å². The fraction of sp³-hybridized carbons (Fsp3) is 0.105. The van der Waals surface area contributed by atoms with Gasteiger partial charge in [0.2, 0.25) is 4.96 Å². The van der Waals surface area contributed by atoms with Crippen molar-refractivity contribution >= 4 is 28.4 Å². The number of aromatic nitrogens is 4. The molecule has 0 saturated heterocycles. The second-order valence-corrected chi connectivity index (χ2v) is 6.62. The molecule has 0 aliphatic rings. The Kier molecular flexibility index (Phi) is 4.03. The van der Waals surface area contributed by atoms with Crippen molar-refractivity contribution in [3.8, 4) is 17.1 Å². The van der Waals surface area contributed by atoms with Crippen molar-refractivity contribution in [1.82, 2.24) is 19.8 Å². The van der Waals surface area contributed by atoms with Crippen LogP contribution < -0.4 is 4.74 Å². The third kappa shape index (κ3) is 3.16. The number of methoxy groups -OCH3 is 1. The van der Waals surface area contributed by atoms with Gasteiger partial charge < -0.3 is 4.74 Å². The maximum Gasteiger partial charge on any atom is 0.235 e. The number of aryl methyl sites for hydroxylation is 1. The van der Waals surface area contributed by atoms with Gasteiger partial charge in [-0.2, -0.15) is 9.61 Å². The van der Waals surface area contributed by atoms with Crippen LogP contribution in [0, 0.1) is 6.92 Å². The Morgan fingerprint density at radius 3 is 2.44 bits per heavy atom. The summed E-state index contributed by atoms with van der Waals surface area (Å²) in [6, 6.07) is 16.1. The molecule has 0 aliphatic heterocycles. The van der Waals surface area contributed by atoms with E-state index in [1.54, 1.807) is 11.6 Å². The molecule has 0 atom stereocenters. The molecule has 0 spiro atoms. The molecule has 2 heterocycles. The number of hydrogen-bond acceptors (Lipinski definition) is 5. The smallest absolute Gasteiger partial charge is 0.235 e. The van der Waals surface area contributed by atoms with Crippen molar-refractivity contribution in [3.63, 3.8) is 0 Å². The number of fused-ring (bicyclic) bond motifs is 1. The van der Waals surface area contributed by atoms with Crippen LogP contribution in [-0.4, -0.2) is 26.9 Å². The third-order valence-corrected chi connectivity index (χ3v) is 4.71.